The van der Waals surface area contributed by atoms with Crippen LogP contribution in [0.4, 0.5) is 11.4 Å². The first kappa shape index (κ1) is 23.8. The van der Waals surface area contributed by atoms with Crippen LogP contribution in [0.2, 0.25) is 0 Å². The van der Waals surface area contributed by atoms with E-state index in [2.05, 4.69) is 37.4 Å². The third kappa shape index (κ3) is 4.80. The second kappa shape index (κ2) is 9.46. The molecule has 7 heteroatoms. The summed E-state index contributed by atoms with van der Waals surface area (Å²) in [5.74, 6) is 0.183. The van der Waals surface area contributed by atoms with Crippen molar-refractivity contribution in [3.8, 4) is 16.9 Å². The van der Waals surface area contributed by atoms with E-state index >= 15 is 0 Å². The number of hydrogen-bond acceptors (Lipinski definition) is 5. The van der Waals surface area contributed by atoms with Crippen LogP contribution in [0.25, 0.3) is 27.7 Å². The molecular weight excluding hydrogens is 444 g/mol. The molecule has 0 bridgehead atoms. The minimum Gasteiger partial charge on any atom is -0.496 e. The fourth-order valence-electron chi connectivity index (χ4n) is 4.16. The molecule has 0 unspecified atom stereocenters. The molecular formula is C28H26N2O5. The zero-order chi connectivity index (χ0) is 25.3. The molecule has 3 aromatic carbocycles. The number of fused-ring (bicyclic) bond motifs is 1. The number of nitro benzene ring substituents is 1. The Kier molecular flexibility index (Phi) is 6.42. The number of nitrogens with one attached hydrogen (secondary N) is 1. The minimum absolute atomic E-state index is 0.0855. The van der Waals surface area contributed by atoms with Gasteiger partial charge < -0.3 is 14.5 Å². The van der Waals surface area contributed by atoms with E-state index in [0.29, 0.717) is 22.6 Å². The number of furan rings is 1. The number of carbonyl (C=O) groups excluding carboxylic acids is 1. The van der Waals surface area contributed by atoms with Gasteiger partial charge in [-0.05, 0) is 56.0 Å². The van der Waals surface area contributed by atoms with Crippen molar-refractivity contribution in [1.82, 2.24) is 0 Å². The number of aryl methyl sites for hydroxylation is 3. The predicted molar refractivity (Wildman–Crippen MR) is 138 cm³/mol. The van der Waals surface area contributed by atoms with Gasteiger partial charge in [-0.2, -0.15) is 0 Å². The molecule has 0 radical (unpaired) electrons. The van der Waals surface area contributed by atoms with Gasteiger partial charge in [-0.15, -0.1) is 0 Å². The highest BCUT2D eigenvalue weighted by atomic mass is 16.6. The van der Waals surface area contributed by atoms with Gasteiger partial charge >= 0.3 is 0 Å². The summed E-state index contributed by atoms with van der Waals surface area (Å²) in [6.45, 7) is 7.72. The lowest BCUT2D eigenvalue weighted by molar-refractivity contribution is -0.384. The number of ether oxygens (including phenoxy) is 1. The number of hydrogen-bond donors (Lipinski definition) is 1. The molecule has 0 fully saturated rings. The fraction of sp³-hybridized carbons (Fsp3) is 0.179. The Morgan fingerprint density at radius 1 is 1.03 bits per heavy atom. The van der Waals surface area contributed by atoms with Crippen molar-refractivity contribution in [2.24, 2.45) is 0 Å². The number of methoxy groups -OCH3 is 1. The van der Waals surface area contributed by atoms with Gasteiger partial charge in [0.2, 0.25) is 5.91 Å². The van der Waals surface area contributed by atoms with Gasteiger partial charge in [-0.1, -0.05) is 29.8 Å². The van der Waals surface area contributed by atoms with Crippen molar-refractivity contribution in [2.75, 3.05) is 12.4 Å². The lowest BCUT2D eigenvalue weighted by Crippen LogP contribution is -2.10. The fourth-order valence-corrected chi connectivity index (χ4v) is 4.16. The molecule has 1 aromatic heterocycles. The molecule has 1 heterocycles. The number of nitrogens with zero attached hydrogens (tertiary/aromatic N) is 1. The maximum absolute atomic E-state index is 12.8. The summed E-state index contributed by atoms with van der Waals surface area (Å²) in [6.07, 6.45) is 3.20. The second-order valence-corrected chi connectivity index (χ2v) is 8.59. The Labute approximate surface area is 203 Å². The van der Waals surface area contributed by atoms with E-state index in [0.717, 1.165) is 33.2 Å². The highest BCUT2D eigenvalue weighted by Gasteiger charge is 2.16. The molecule has 0 saturated heterocycles. The predicted octanol–water partition coefficient (Wildman–Crippen LogP) is 6.98. The van der Waals surface area contributed by atoms with Crippen LogP contribution in [0, 0.1) is 30.9 Å². The Morgan fingerprint density at radius 3 is 2.49 bits per heavy atom. The van der Waals surface area contributed by atoms with E-state index in [-0.39, 0.29) is 5.69 Å². The van der Waals surface area contributed by atoms with E-state index < -0.39 is 10.8 Å². The van der Waals surface area contributed by atoms with E-state index in [1.165, 1.54) is 23.8 Å². The first-order chi connectivity index (χ1) is 16.7. The van der Waals surface area contributed by atoms with E-state index in [4.69, 9.17) is 9.15 Å². The van der Waals surface area contributed by atoms with Gasteiger partial charge in [-0.3, -0.25) is 14.9 Å². The molecule has 4 rings (SSSR count). The number of nitro groups is 1. The van der Waals surface area contributed by atoms with Gasteiger partial charge in [0.1, 0.15) is 11.3 Å². The van der Waals surface area contributed by atoms with Gasteiger partial charge in [0.15, 0.2) is 0 Å². The van der Waals surface area contributed by atoms with Gasteiger partial charge in [0, 0.05) is 40.8 Å². The monoisotopic (exact) mass is 470 g/mol. The molecule has 0 aliphatic heterocycles. The second-order valence-electron chi connectivity index (χ2n) is 8.59. The number of anilines is 1. The minimum atomic E-state index is -0.492. The molecule has 35 heavy (non-hydrogen) atoms. The molecule has 7 nitrogen and oxygen atoms in total. The van der Waals surface area contributed by atoms with Gasteiger partial charge in [0.25, 0.3) is 5.69 Å². The smallest absolute Gasteiger partial charge is 0.271 e. The largest absolute Gasteiger partial charge is 0.496 e. The molecule has 178 valence electrons. The highest BCUT2D eigenvalue weighted by molar-refractivity contribution is 6.06. The quantitative estimate of drug-likeness (QED) is 0.186. The van der Waals surface area contributed by atoms with Crippen LogP contribution in [0.1, 0.15) is 29.2 Å². The topological polar surface area (TPSA) is 94.6 Å². The third-order valence-corrected chi connectivity index (χ3v) is 6.03. The molecule has 1 amide bonds. The highest BCUT2D eigenvalue weighted by Crippen LogP contribution is 2.38. The average molecular weight is 471 g/mol. The maximum atomic E-state index is 12.8. The standard InChI is InChI=1S/C28H26N2O5/c1-16-6-9-21(18(3)10-16)24-15-35-27-14-26(34-5)22(13-23(24)27)19(4)11-28(31)29-25-12-20(30(32)33)8-7-17(25)2/h6-15H,1-5H3,(H,29,31)/b19-11+. The Bertz CT molecular complexity index is 1500. The summed E-state index contributed by atoms with van der Waals surface area (Å²) in [4.78, 5) is 23.4. The zero-order valence-corrected chi connectivity index (χ0v) is 20.3. The van der Waals surface area contributed by atoms with E-state index in [1.54, 1.807) is 26.4 Å². The summed E-state index contributed by atoms with van der Waals surface area (Å²) in [6, 6.07) is 14.4. The molecule has 0 aliphatic carbocycles. The van der Waals surface area contributed by atoms with Crippen molar-refractivity contribution in [3.05, 3.63) is 93.2 Å². The van der Waals surface area contributed by atoms with E-state index in [1.807, 2.05) is 19.1 Å². The van der Waals surface area contributed by atoms with Gasteiger partial charge in [-0.25, -0.2) is 0 Å². The molecule has 0 atom stereocenters. The number of rotatable bonds is 6. The first-order valence-electron chi connectivity index (χ1n) is 11.1. The summed E-state index contributed by atoms with van der Waals surface area (Å²) in [7, 11) is 1.57. The molecule has 0 aliphatic rings. The summed E-state index contributed by atoms with van der Waals surface area (Å²) in [5.41, 5.74) is 7.51. The Hall–Kier alpha value is -4.39. The van der Waals surface area contributed by atoms with Crippen LogP contribution in [-0.4, -0.2) is 17.9 Å². The number of amides is 1. The normalized spacial score (nSPS) is 11.5. The molecule has 4 aromatic rings. The van der Waals surface area contributed by atoms with Crippen LogP contribution in [0.3, 0.4) is 0 Å². The number of allylic oxidation sites excluding steroid dienone is 1. The number of carbonyl (C=O) groups is 1. The summed E-state index contributed by atoms with van der Waals surface area (Å²) < 4.78 is 11.4. The summed E-state index contributed by atoms with van der Waals surface area (Å²) in [5, 5.41) is 14.8. The lowest BCUT2D eigenvalue weighted by atomic mass is 9.96. The Balaban J connectivity index is 1.72. The maximum Gasteiger partial charge on any atom is 0.271 e. The number of non-ortho nitro benzene ring substituents is 1. The third-order valence-electron chi connectivity index (χ3n) is 6.03. The number of benzene rings is 3. The average Bonchev–Trinajstić information content (AvgIpc) is 3.22. The van der Waals surface area contributed by atoms with Gasteiger partial charge in [0.05, 0.1) is 24.0 Å². The molecule has 1 N–H and O–H groups in total. The lowest BCUT2D eigenvalue weighted by Gasteiger charge is -2.11. The first-order valence-corrected chi connectivity index (χ1v) is 11.1. The van der Waals surface area contributed by atoms with Crippen molar-refractivity contribution in [2.45, 2.75) is 27.7 Å². The van der Waals surface area contributed by atoms with E-state index in [9.17, 15) is 14.9 Å². The van der Waals surface area contributed by atoms with Crippen LogP contribution in [0.5, 0.6) is 5.75 Å². The van der Waals surface area contributed by atoms with Crippen molar-refractivity contribution >= 4 is 33.8 Å². The Morgan fingerprint density at radius 2 is 1.80 bits per heavy atom. The SMILES string of the molecule is COc1cc2occ(-c3ccc(C)cc3C)c2cc1/C(C)=C/C(=O)Nc1cc([N+](=O)[O-])ccc1C. The van der Waals surface area contributed by atoms with Crippen LogP contribution < -0.4 is 10.1 Å². The van der Waals surface area contributed by atoms with Crippen molar-refractivity contribution in [3.63, 3.8) is 0 Å². The van der Waals surface area contributed by atoms with Crippen molar-refractivity contribution in [1.29, 1.82) is 0 Å². The van der Waals surface area contributed by atoms with Crippen LogP contribution in [-0.2, 0) is 4.79 Å². The van der Waals surface area contributed by atoms with Crippen molar-refractivity contribution < 1.29 is 18.9 Å². The van der Waals surface area contributed by atoms with Crippen LogP contribution in [0.15, 0.2) is 65.3 Å². The zero-order valence-electron chi connectivity index (χ0n) is 20.3. The van der Waals surface area contributed by atoms with Crippen LogP contribution >= 0.6 is 0 Å². The molecule has 0 spiro atoms. The molecule has 0 saturated carbocycles. The summed E-state index contributed by atoms with van der Waals surface area (Å²) >= 11 is 0.